The Morgan fingerprint density at radius 3 is 2.19 bits per heavy atom. The van der Waals surface area contributed by atoms with E-state index in [1.807, 2.05) is 18.2 Å². The number of phenolic OH excluding ortho intramolecular Hbond substituents is 1. The van der Waals surface area contributed by atoms with Gasteiger partial charge in [0, 0.05) is 11.0 Å². The highest BCUT2D eigenvalue weighted by atomic mass is 16.3. The van der Waals surface area contributed by atoms with Gasteiger partial charge in [0.05, 0.1) is 0 Å². The summed E-state index contributed by atoms with van der Waals surface area (Å²) in [5.74, 6) is 0.321. The maximum Gasteiger partial charge on any atom is 0.123 e. The lowest BCUT2D eigenvalue weighted by Crippen LogP contribution is -2.15. The Labute approximate surface area is 153 Å². The minimum atomic E-state index is -0.0389. The van der Waals surface area contributed by atoms with Gasteiger partial charge in [0.2, 0.25) is 0 Å². The van der Waals surface area contributed by atoms with Crippen LogP contribution in [-0.4, -0.2) is 5.11 Å². The lowest BCUT2D eigenvalue weighted by molar-refractivity contribution is 0.477. The fourth-order valence-corrected chi connectivity index (χ4v) is 4.50. The Hall–Kier alpha value is -3.06. The summed E-state index contributed by atoms with van der Waals surface area (Å²) in [6.45, 7) is 4.62. The quantitative estimate of drug-likeness (QED) is 0.419. The molecular weight excluding hydrogens is 316 g/mol. The zero-order valence-corrected chi connectivity index (χ0v) is 15.0. The van der Waals surface area contributed by atoms with Gasteiger partial charge in [-0.1, -0.05) is 80.6 Å². The first-order chi connectivity index (χ1) is 12.6. The van der Waals surface area contributed by atoms with Crippen LogP contribution in [0.15, 0.2) is 78.9 Å². The zero-order chi connectivity index (χ0) is 17.9. The molecule has 0 aromatic heterocycles. The van der Waals surface area contributed by atoms with Crippen molar-refractivity contribution in [2.75, 3.05) is 0 Å². The van der Waals surface area contributed by atoms with Crippen molar-refractivity contribution in [2.45, 2.75) is 19.3 Å². The molecule has 1 heteroatoms. The number of benzene rings is 4. The van der Waals surface area contributed by atoms with Crippen molar-refractivity contribution in [1.82, 2.24) is 0 Å². The van der Waals surface area contributed by atoms with Crippen LogP contribution < -0.4 is 0 Å². The number of hydrogen-bond acceptors (Lipinski definition) is 1. The molecule has 0 saturated heterocycles. The SMILES string of the molecule is CC1(C)c2ccccc2-c2ccc3ccc(-c4ccccc4O)cc3c21. The van der Waals surface area contributed by atoms with E-state index in [9.17, 15) is 5.11 Å². The summed E-state index contributed by atoms with van der Waals surface area (Å²) in [7, 11) is 0. The molecule has 1 aliphatic carbocycles. The topological polar surface area (TPSA) is 20.2 Å². The van der Waals surface area contributed by atoms with Gasteiger partial charge in [-0.15, -0.1) is 0 Å². The van der Waals surface area contributed by atoms with Gasteiger partial charge in [-0.2, -0.15) is 0 Å². The summed E-state index contributed by atoms with van der Waals surface area (Å²) in [4.78, 5) is 0. The predicted molar refractivity (Wildman–Crippen MR) is 109 cm³/mol. The molecule has 0 radical (unpaired) electrons. The van der Waals surface area contributed by atoms with E-state index in [0.717, 1.165) is 11.1 Å². The van der Waals surface area contributed by atoms with Gasteiger partial charge in [0.15, 0.2) is 0 Å². The van der Waals surface area contributed by atoms with Crippen molar-refractivity contribution in [1.29, 1.82) is 0 Å². The van der Waals surface area contributed by atoms with Crippen LogP contribution in [0, 0.1) is 0 Å². The molecule has 1 nitrogen and oxygen atoms in total. The van der Waals surface area contributed by atoms with E-state index >= 15 is 0 Å². The molecular formula is C25H20O. The Kier molecular flexibility index (Phi) is 3.05. The fraction of sp³-hybridized carbons (Fsp3) is 0.120. The van der Waals surface area contributed by atoms with Crippen LogP contribution >= 0.6 is 0 Å². The van der Waals surface area contributed by atoms with E-state index in [1.165, 1.54) is 33.0 Å². The second kappa shape index (κ2) is 5.22. The molecule has 0 amide bonds. The Morgan fingerprint density at radius 1 is 0.692 bits per heavy atom. The van der Waals surface area contributed by atoms with E-state index in [2.05, 4.69) is 68.4 Å². The fourth-order valence-electron chi connectivity index (χ4n) is 4.50. The van der Waals surface area contributed by atoms with Gasteiger partial charge in [0.25, 0.3) is 0 Å². The van der Waals surface area contributed by atoms with E-state index in [4.69, 9.17) is 0 Å². The summed E-state index contributed by atoms with van der Waals surface area (Å²) >= 11 is 0. The van der Waals surface area contributed by atoms with Crippen molar-refractivity contribution >= 4 is 10.8 Å². The maximum absolute atomic E-state index is 10.3. The Bertz CT molecular complexity index is 1170. The first-order valence-electron chi connectivity index (χ1n) is 9.03. The number of para-hydroxylation sites is 1. The monoisotopic (exact) mass is 336 g/mol. The molecule has 5 rings (SSSR count). The molecule has 4 aromatic carbocycles. The summed E-state index contributed by atoms with van der Waals surface area (Å²) in [6.07, 6.45) is 0. The zero-order valence-electron chi connectivity index (χ0n) is 15.0. The number of phenols is 1. The standard InChI is InChI=1S/C25H20O/c1-25(2)22-9-5-3-8-19(22)20-14-13-16-11-12-17(15-21(16)24(20)25)18-7-4-6-10-23(18)26/h3-15,26H,1-2H3. The minimum absolute atomic E-state index is 0.0389. The van der Waals surface area contributed by atoms with Crippen LogP contribution in [0.2, 0.25) is 0 Å². The lowest BCUT2D eigenvalue weighted by atomic mass is 9.80. The highest BCUT2D eigenvalue weighted by Crippen LogP contribution is 2.51. The smallest absolute Gasteiger partial charge is 0.123 e. The molecule has 0 unspecified atom stereocenters. The number of fused-ring (bicyclic) bond motifs is 5. The number of hydrogen-bond donors (Lipinski definition) is 1. The normalized spacial score (nSPS) is 14.2. The van der Waals surface area contributed by atoms with Crippen LogP contribution in [0.4, 0.5) is 0 Å². The highest BCUT2D eigenvalue weighted by Gasteiger charge is 2.36. The average molecular weight is 336 g/mol. The molecule has 0 bridgehead atoms. The molecule has 4 aromatic rings. The number of aromatic hydroxyl groups is 1. The minimum Gasteiger partial charge on any atom is -0.507 e. The lowest BCUT2D eigenvalue weighted by Gasteiger charge is -2.23. The van der Waals surface area contributed by atoms with E-state index in [1.54, 1.807) is 6.07 Å². The van der Waals surface area contributed by atoms with Gasteiger partial charge < -0.3 is 5.11 Å². The predicted octanol–water partition coefficient (Wildman–Crippen LogP) is 6.52. The highest BCUT2D eigenvalue weighted by molar-refractivity contribution is 5.99. The molecule has 0 aliphatic heterocycles. The molecule has 0 atom stereocenters. The van der Waals surface area contributed by atoms with E-state index < -0.39 is 0 Å². The second-order valence-corrected chi connectivity index (χ2v) is 7.61. The summed E-state index contributed by atoms with van der Waals surface area (Å²) in [5.41, 5.74) is 7.32. The van der Waals surface area contributed by atoms with Crippen molar-refractivity contribution in [3.63, 3.8) is 0 Å². The van der Waals surface area contributed by atoms with Gasteiger partial charge in [0.1, 0.15) is 5.75 Å². The molecule has 0 saturated carbocycles. The maximum atomic E-state index is 10.3. The van der Waals surface area contributed by atoms with E-state index in [-0.39, 0.29) is 5.41 Å². The summed E-state index contributed by atoms with van der Waals surface area (Å²) in [5, 5.41) is 12.8. The molecule has 26 heavy (non-hydrogen) atoms. The van der Waals surface area contributed by atoms with Crippen LogP contribution in [0.1, 0.15) is 25.0 Å². The van der Waals surface area contributed by atoms with Crippen LogP contribution in [-0.2, 0) is 5.41 Å². The second-order valence-electron chi connectivity index (χ2n) is 7.61. The first kappa shape index (κ1) is 15.2. The van der Waals surface area contributed by atoms with Gasteiger partial charge in [-0.05, 0) is 50.7 Å². The molecule has 0 fully saturated rings. The number of rotatable bonds is 1. The van der Waals surface area contributed by atoms with Crippen LogP contribution in [0.3, 0.4) is 0 Å². The van der Waals surface area contributed by atoms with Crippen molar-refractivity contribution in [3.8, 4) is 28.0 Å². The Balaban J connectivity index is 1.84. The third-order valence-corrected chi connectivity index (χ3v) is 5.75. The Morgan fingerprint density at radius 2 is 1.38 bits per heavy atom. The molecule has 0 spiro atoms. The summed E-state index contributed by atoms with van der Waals surface area (Å²) in [6, 6.07) is 27.2. The first-order valence-corrected chi connectivity index (χ1v) is 9.03. The third kappa shape index (κ3) is 1.97. The molecule has 126 valence electrons. The summed E-state index contributed by atoms with van der Waals surface area (Å²) < 4.78 is 0. The van der Waals surface area contributed by atoms with Crippen molar-refractivity contribution < 1.29 is 5.11 Å². The van der Waals surface area contributed by atoms with Crippen LogP contribution in [0.5, 0.6) is 5.75 Å². The molecule has 0 heterocycles. The van der Waals surface area contributed by atoms with Gasteiger partial charge in [-0.25, -0.2) is 0 Å². The largest absolute Gasteiger partial charge is 0.507 e. The third-order valence-electron chi connectivity index (χ3n) is 5.75. The van der Waals surface area contributed by atoms with E-state index in [0.29, 0.717) is 5.75 Å². The molecule has 1 N–H and O–H groups in total. The van der Waals surface area contributed by atoms with Gasteiger partial charge >= 0.3 is 0 Å². The van der Waals surface area contributed by atoms with Crippen molar-refractivity contribution in [2.24, 2.45) is 0 Å². The van der Waals surface area contributed by atoms with Crippen LogP contribution in [0.25, 0.3) is 33.0 Å². The average Bonchev–Trinajstić information content (AvgIpc) is 2.90. The van der Waals surface area contributed by atoms with Gasteiger partial charge in [-0.3, -0.25) is 0 Å². The van der Waals surface area contributed by atoms with Crippen molar-refractivity contribution in [3.05, 3.63) is 90.0 Å². The molecule has 1 aliphatic rings.